The van der Waals surface area contributed by atoms with Gasteiger partial charge in [-0.25, -0.2) is 0 Å². The zero-order valence-corrected chi connectivity index (χ0v) is 8.44. The van der Waals surface area contributed by atoms with Crippen molar-refractivity contribution in [2.45, 2.75) is 70.3 Å². The molecule has 1 aliphatic carbocycles. The summed E-state index contributed by atoms with van der Waals surface area (Å²) in [4.78, 5) is 0. The van der Waals surface area contributed by atoms with Crippen molar-refractivity contribution in [2.24, 2.45) is 5.73 Å². The second kappa shape index (κ2) is 4.86. The zero-order chi connectivity index (χ0) is 8.86. The molecule has 0 bridgehead atoms. The van der Waals surface area contributed by atoms with E-state index in [1.807, 2.05) is 0 Å². The van der Waals surface area contributed by atoms with Crippen molar-refractivity contribution in [2.75, 3.05) is 0 Å². The quantitative estimate of drug-likeness (QED) is 0.592. The number of hydrogen-bond acceptors (Lipinski definition) is 1. The van der Waals surface area contributed by atoms with Crippen molar-refractivity contribution in [3.05, 3.63) is 0 Å². The first-order chi connectivity index (χ1) is 5.71. The molecule has 1 rings (SSSR count). The topological polar surface area (TPSA) is 26.0 Å². The zero-order valence-electron chi connectivity index (χ0n) is 8.44. The van der Waals surface area contributed by atoms with Crippen LogP contribution in [-0.4, -0.2) is 5.54 Å². The van der Waals surface area contributed by atoms with Crippen LogP contribution < -0.4 is 5.73 Å². The summed E-state index contributed by atoms with van der Waals surface area (Å²) in [5, 5.41) is 0. The lowest BCUT2D eigenvalue weighted by Crippen LogP contribution is -2.35. The predicted molar refractivity (Wildman–Crippen MR) is 54.1 cm³/mol. The highest BCUT2D eigenvalue weighted by Gasteiger charge is 2.17. The van der Waals surface area contributed by atoms with Crippen molar-refractivity contribution < 1.29 is 0 Å². The molecule has 1 saturated carbocycles. The molecule has 0 atom stereocenters. The van der Waals surface area contributed by atoms with Gasteiger partial charge in [0.1, 0.15) is 0 Å². The van der Waals surface area contributed by atoms with Crippen LogP contribution in [0.3, 0.4) is 0 Å². The first-order valence-corrected chi connectivity index (χ1v) is 5.50. The Morgan fingerprint density at radius 2 is 1.08 bits per heavy atom. The Bertz CT molecular complexity index is 106. The molecule has 1 fully saturated rings. The summed E-state index contributed by atoms with van der Waals surface area (Å²) in [6.07, 6.45) is 12.2. The van der Waals surface area contributed by atoms with Gasteiger partial charge in [-0.1, -0.05) is 44.9 Å². The lowest BCUT2D eigenvalue weighted by molar-refractivity contribution is 0.353. The highest BCUT2D eigenvalue weighted by molar-refractivity contribution is 4.78. The molecule has 1 nitrogen and oxygen atoms in total. The van der Waals surface area contributed by atoms with Crippen LogP contribution in [0.2, 0.25) is 0 Å². The van der Waals surface area contributed by atoms with Crippen LogP contribution in [-0.2, 0) is 0 Å². The van der Waals surface area contributed by atoms with E-state index in [1.54, 1.807) is 0 Å². The Morgan fingerprint density at radius 3 is 1.50 bits per heavy atom. The summed E-state index contributed by atoms with van der Waals surface area (Å²) in [6, 6.07) is 0. The van der Waals surface area contributed by atoms with Gasteiger partial charge in [0.05, 0.1) is 0 Å². The van der Waals surface area contributed by atoms with Gasteiger partial charge in [-0.15, -0.1) is 0 Å². The van der Waals surface area contributed by atoms with Crippen LogP contribution in [0.4, 0.5) is 0 Å². The van der Waals surface area contributed by atoms with Crippen LogP contribution in [0.5, 0.6) is 0 Å². The minimum Gasteiger partial charge on any atom is -0.325 e. The molecule has 1 heteroatoms. The van der Waals surface area contributed by atoms with Gasteiger partial charge in [-0.05, 0) is 19.8 Å². The monoisotopic (exact) mass is 169 g/mol. The number of nitrogens with two attached hydrogens (primary N) is 1. The lowest BCUT2D eigenvalue weighted by atomic mass is 9.88. The fraction of sp³-hybridized carbons (Fsp3) is 1.00. The maximum Gasteiger partial charge on any atom is 0.0125 e. The van der Waals surface area contributed by atoms with E-state index in [9.17, 15) is 0 Å². The van der Waals surface area contributed by atoms with Gasteiger partial charge in [-0.3, -0.25) is 0 Å². The molecule has 0 heterocycles. The van der Waals surface area contributed by atoms with Gasteiger partial charge in [0.15, 0.2) is 0 Å². The van der Waals surface area contributed by atoms with Crippen LogP contribution in [0, 0.1) is 0 Å². The van der Waals surface area contributed by atoms with Crippen LogP contribution in [0.25, 0.3) is 0 Å². The molecule has 0 unspecified atom stereocenters. The van der Waals surface area contributed by atoms with Gasteiger partial charge < -0.3 is 5.73 Å². The van der Waals surface area contributed by atoms with Gasteiger partial charge in [0.25, 0.3) is 0 Å². The molecular weight excluding hydrogens is 146 g/mol. The summed E-state index contributed by atoms with van der Waals surface area (Å²) >= 11 is 0. The maximum atomic E-state index is 6.17. The summed E-state index contributed by atoms with van der Waals surface area (Å²) < 4.78 is 0. The lowest BCUT2D eigenvalue weighted by Gasteiger charge is -2.25. The van der Waals surface area contributed by atoms with Crippen molar-refractivity contribution >= 4 is 0 Å². The Balaban J connectivity index is 2.27. The standard InChI is InChI=1S/C11H23N/c1-11(12)9-7-5-3-2-4-6-8-10-11/h2-10,12H2,1H3. The highest BCUT2D eigenvalue weighted by atomic mass is 14.7. The molecule has 1 aliphatic rings. The molecule has 0 aromatic carbocycles. The van der Waals surface area contributed by atoms with Crippen molar-refractivity contribution in [3.8, 4) is 0 Å². The summed E-state index contributed by atoms with van der Waals surface area (Å²) in [7, 11) is 0. The summed E-state index contributed by atoms with van der Waals surface area (Å²) in [5.41, 5.74) is 6.30. The van der Waals surface area contributed by atoms with E-state index >= 15 is 0 Å². The highest BCUT2D eigenvalue weighted by Crippen LogP contribution is 2.22. The molecule has 0 saturated heterocycles. The van der Waals surface area contributed by atoms with Gasteiger partial charge >= 0.3 is 0 Å². The molecule has 12 heavy (non-hydrogen) atoms. The molecule has 0 aromatic rings. The van der Waals surface area contributed by atoms with E-state index in [2.05, 4.69) is 6.92 Å². The van der Waals surface area contributed by atoms with Crippen molar-refractivity contribution in [1.29, 1.82) is 0 Å². The molecule has 0 radical (unpaired) electrons. The first kappa shape index (κ1) is 10.0. The fourth-order valence-corrected chi connectivity index (χ4v) is 2.07. The van der Waals surface area contributed by atoms with E-state index in [1.165, 1.54) is 57.8 Å². The Labute approximate surface area is 76.7 Å². The third-order valence-electron chi connectivity index (χ3n) is 3.00. The van der Waals surface area contributed by atoms with Crippen LogP contribution >= 0.6 is 0 Å². The average molecular weight is 169 g/mol. The first-order valence-electron chi connectivity index (χ1n) is 5.50. The molecule has 2 N–H and O–H groups in total. The number of hydrogen-bond donors (Lipinski definition) is 1. The van der Waals surface area contributed by atoms with Gasteiger partial charge in [-0.2, -0.15) is 0 Å². The normalized spacial score (nSPS) is 26.5. The Kier molecular flexibility index (Phi) is 4.07. The summed E-state index contributed by atoms with van der Waals surface area (Å²) in [5.74, 6) is 0. The van der Waals surface area contributed by atoms with Gasteiger partial charge in [0, 0.05) is 5.54 Å². The maximum absolute atomic E-state index is 6.17. The van der Waals surface area contributed by atoms with Crippen LogP contribution in [0.1, 0.15) is 64.7 Å². The average Bonchev–Trinajstić information content (AvgIpc) is 2.02. The smallest absolute Gasteiger partial charge is 0.0125 e. The number of rotatable bonds is 0. The second-order valence-corrected chi connectivity index (χ2v) is 4.63. The van der Waals surface area contributed by atoms with Crippen molar-refractivity contribution in [3.63, 3.8) is 0 Å². The predicted octanol–water partition coefficient (Wildman–Crippen LogP) is 3.23. The SMILES string of the molecule is CC1(N)CCCCCCCCC1. The second-order valence-electron chi connectivity index (χ2n) is 4.63. The van der Waals surface area contributed by atoms with Crippen molar-refractivity contribution in [1.82, 2.24) is 0 Å². The largest absolute Gasteiger partial charge is 0.325 e. The minimum atomic E-state index is 0.136. The molecule has 0 amide bonds. The Morgan fingerprint density at radius 1 is 0.750 bits per heavy atom. The van der Waals surface area contributed by atoms with E-state index < -0.39 is 0 Å². The Hall–Kier alpha value is -0.0400. The fourth-order valence-electron chi connectivity index (χ4n) is 2.07. The molecule has 0 spiro atoms. The van der Waals surface area contributed by atoms with E-state index in [0.29, 0.717) is 0 Å². The molecular formula is C11H23N. The van der Waals surface area contributed by atoms with E-state index in [-0.39, 0.29) is 5.54 Å². The van der Waals surface area contributed by atoms with Gasteiger partial charge in [0.2, 0.25) is 0 Å². The van der Waals surface area contributed by atoms with E-state index in [4.69, 9.17) is 5.73 Å². The molecule has 0 aromatic heterocycles. The minimum absolute atomic E-state index is 0.136. The van der Waals surface area contributed by atoms with E-state index in [0.717, 1.165) is 0 Å². The molecule has 0 aliphatic heterocycles. The molecule has 72 valence electrons. The third kappa shape index (κ3) is 4.10. The summed E-state index contributed by atoms with van der Waals surface area (Å²) in [6.45, 7) is 2.22. The third-order valence-corrected chi connectivity index (χ3v) is 3.00. The van der Waals surface area contributed by atoms with Crippen LogP contribution in [0.15, 0.2) is 0 Å².